The Labute approximate surface area is 228 Å². The minimum absolute atomic E-state index is 0.00769. The second-order valence-corrected chi connectivity index (χ2v) is 10.0. The summed E-state index contributed by atoms with van der Waals surface area (Å²) in [5.41, 5.74) is 5.43. The molecule has 1 aromatic carbocycles. The van der Waals surface area contributed by atoms with Gasteiger partial charge in [-0.1, -0.05) is 23.7 Å². The molecule has 2 saturated heterocycles. The molecule has 0 spiro atoms. The van der Waals surface area contributed by atoms with Crippen LogP contribution in [0.4, 0.5) is 13.2 Å². The Morgan fingerprint density at radius 3 is 2.60 bits per heavy atom. The summed E-state index contributed by atoms with van der Waals surface area (Å²) in [4.78, 5) is 23.2. The number of carbonyl (C=O) groups excluding carboxylic acids is 1. The lowest BCUT2D eigenvalue weighted by Crippen LogP contribution is -2.38. The number of aromatic amines is 1. The third-order valence-electron chi connectivity index (χ3n) is 7.07. The minimum atomic E-state index is -5.10. The number of hydrogen-bond donors (Lipinski definition) is 2. The first-order valence-electron chi connectivity index (χ1n) is 12.4. The molecule has 40 heavy (non-hydrogen) atoms. The molecule has 15 heteroatoms. The lowest BCUT2D eigenvalue weighted by Gasteiger charge is -2.17. The van der Waals surface area contributed by atoms with Crippen LogP contribution in [-0.2, 0) is 32.1 Å². The Morgan fingerprint density at radius 1 is 1.07 bits per heavy atom. The van der Waals surface area contributed by atoms with E-state index in [9.17, 15) is 18.0 Å². The summed E-state index contributed by atoms with van der Waals surface area (Å²) in [6.07, 6.45) is -6.75. The van der Waals surface area contributed by atoms with Gasteiger partial charge in [-0.2, -0.15) is 23.3 Å². The average molecular weight is 577 g/mol. The summed E-state index contributed by atoms with van der Waals surface area (Å²) in [5, 5.41) is 8.19. The normalized spacial score (nSPS) is 23.9. The topological polar surface area (TPSA) is 125 Å². The molecule has 208 valence electrons. The van der Waals surface area contributed by atoms with Crippen LogP contribution in [0.3, 0.4) is 0 Å². The number of ether oxygens (including phenoxy) is 4. The van der Waals surface area contributed by atoms with Gasteiger partial charge in [0.25, 0.3) is 6.01 Å². The first kappa shape index (κ1) is 25.3. The van der Waals surface area contributed by atoms with Crippen LogP contribution in [0.1, 0.15) is 11.3 Å². The summed E-state index contributed by atoms with van der Waals surface area (Å²) in [6, 6.07) is 9.50. The Balaban J connectivity index is 1.07. The summed E-state index contributed by atoms with van der Waals surface area (Å²) in [5.74, 6) is -2.29. The molecule has 0 aliphatic carbocycles. The van der Waals surface area contributed by atoms with Crippen molar-refractivity contribution in [2.75, 3.05) is 13.2 Å². The SMILES string of the molecule is O=C(O[C@@H]1CO[C@H]2[C@@H]1OC[C@H]2Oc1nc2nc(-c3ccc(-n4ncc5c4CNC5)cc3)c(Cl)cc2[nH]1)C(F)(F)F. The molecule has 4 aromatic rings. The predicted octanol–water partition coefficient (Wildman–Crippen LogP) is 3.09. The Morgan fingerprint density at radius 2 is 1.82 bits per heavy atom. The van der Waals surface area contributed by atoms with Crippen molar-refractivity contribution < 1.29 is 36.9 Å². The van der Waals surface area contributed by atoms with Gasteiger partial charge >= 0.3 is 12.1 Å². The van der Waals surface area contributed by atoms with Crippen LogP contribution in [0.2, 0.25) is 5.02 Å². The highest BCUT2D eigenvalue weighted by Crippen LogP contribution is 2.34. The Hall–Kier alpha value is -3.72. The number of pyridine rings is 1. The van der Waals surface area contributed by atoms with E-state index < -0.39 is 36.6 Å². The highest BCUT2D eigenvalue weighted by molar-refractivity contribution is 6.33. The van der Waals surface area contributed by atoms with Gasteiger partial charge in [-0.05, 0) is 18.2 Å². The average Bonchev–Trinajstić information content (AvgIpc) is 3.72. The molecule has 4 atom stereocenters. The van der Waals surface area contributed by atoms with Gasteiger partial charge in [0.05, 0.1) is 47.0 Å². The van der Waals surface area contributed by atoms with E-state index in [1.165, 1.54) is 5.56 Å². The highest BCUT2D eigenvalue weighted by atomic mass is 35.5. The predicted molar refractivity (Wildman–Crippen MR) is 132 cm³/mol. The third-order valence-corrected chi connectivity index (χ3v) is 7.36. The molecule has 7 rings (SSSR count). The van der Waals surface area contributed by atoms with Crippen molar-refractivity contribution in [1.82, 2.24) is 30.0 Å². The first-order chi connectivity index (χ1) is 19.2. The number of nitrogens with one attached hydrogen (secondary N) is 2. The second kappa shape index (κ2) is 9.44. The van der Waals surface area contributed by atoms with Crippen LogP contribution in [0.25, 0.3) is 28.1 Å². The standard InChI is InChI=1S/C25H20ClF3N6O5/c26-14-5-15-22(33-19(14)11-1-3-13(4-2-11)35-16-8-30-6-12(16)7-31-35)34-24(32-15)40-18-10-38-20-17(9-37-21(18)20)39-23(36)25(27,28)29/h1-5,7,17-18,20-21,30H,6,8-10H2,(H,32,33,34)/t17-,18-,20-,21-/m1/s1. The molecule has 3 aromatic heterocycles. The minimum Gasteiger partial charge on any atom is -0.456 e. The van der Waals surface area contributed by atoms with Gasteiger partial charge in [-0.15, -0.1) is 0 Å². The fourth-order valence-corrected chi connectivity index (χ4v) is 5.44. The van der Waals surface area contributed by atoms with Gasteiger partial charge in [-0.3, -0.25) is 0 Å². The number of halogens is 4. The fraction of sp³-hybridized carbons (Fsp3) is 0.360. The van der Waals surface area contributed by atoms with Crippen LogP contribution >= 0.6 is 11.6 Å². The Bertz CT molecular complexity index is 1610. The third kappa shape index (κ3) is 4.36. The molecule has 3 aliphatic heterocycles. The largest absolute Gasteiger partial charge is 0.490 e. The van der Waals surface area contributed by atoms with Crippen molar-refractivity contribution in [3.63, 3.8) is 0 Å². The quantitative estimate of drug-likeness (QED) is 0.345. The van der Waals surface area contributed by atoms with Crippen molar-refractivity contribution in [2.24, 2.45) is 0 Å². The molecule has 0 radical (unpaired) electrons. The van der Waals surface area contributed by atoms with Crippen molar-refractivity contribution in [2.45, 2.75) is 43.7 Å². The number of esters is 1. The zero-order valence-electron chi connectivity index (χ0n) is 20.4. The number of rotatable bonds is 5. The number of carbonyl (C=O) groups is 1. The number of aromatic nitrogens is 5. The highest BCUT2D eigenvalue weighted by Gasteiger charge is 2.53. The van der Waals surface area contributed by atoms with E-state index in [0.717, 1.165) is 30.0 Å². The molecule has 0 unspecified atom stereocenters. The molecule has 0 amide bonds. The van der Waals surface area contributed by atoms with E-state index in [0.29, 0.717) is 21.9 Å². The van der Waals surface area contributed by atoms with Gasteiger partial charge < -0.3 is 29.2 Å². The lowest BCUT2D eigenvalue weighted by molar-refractivity contribution is -0.208. The summed E-state index contributed by atoms with van der Waals surface area (Å²) < 4.78 is 61.1. The smallest absolute Gasteiger partial charge is 0.456 e. The van der Waals surface area contributed by atoms with Crippen LogP contribution in [0.15, 0.2) is 36.5 Å². The maximum absolute atomic E-state index is 12.6. The van der Waals surface area contributed by atoms with Gasteiger partial charge in [0.1, 0.15) is 12.2 Å². The number of fused-ring (bicyclic) bond motifs is 3. The molecular formula is C25H20ClF3N6O5. The van der Waals surface area contributed by atoms with Crippen molar-refractivity contribution in [3.8, 4) is 23.0 Å². The maximum atomic E-state index is 12.6. The molecular weight excluding hydrogens is 557 g/mol. The molecule has 11 nitrogen and oxygen atoms in total. The Kier molecular flexibility index (Phi) is 5.96. The summed E-state index contributed by atoms with van der Waals surface area (Å²) in [6.45, 7) is 1.34. The zero-order chi connectivity index (χ0) is 27.6. The molecule has 2 fully saturated rings. The molecule has 0 bridgehead atoms. The summed E-state index contributed by atoms with van der Waals surface area (Å²) >= 11 is 6.56. The van der Waals surface area contributed by atoms with Crippen LogP contribution in [-0.4, -0.2) is 74.5 Å². The van der Waals surface area contributed by atoms with Gasteiger partial charge in [0.15, 0.2) is 17.9 Å². The number of imidazole rings is 1. The van der Waals surface area contributed by atoms with Crippen molar-refractivity contribution >= 4 is 28.7 Å². The van der Waals surface area contributed by atoms with E-state index in [-0.39, 0.29) is 19.2 Å². The summed E-state index contributed by atoms with van der Waals surface area (Å²) in [7, 11) is 0. The van der Waals surface area contributed by atoms with E-state index >= 15 is 0 Å². The van der Waals surface area contributed by atoms with Gasteiger partial charge in [0.2, 0.25) is 0 Å². The molecule has 6 heterocycles. The molecule has 3 aliphatic rings. The van der Waals surface area contributed by atoms with Gasteiger partial charge in [0, 0.05) is 24.2 Å². The number of benzene rings is 1. The number of alkyl halides is 3. The van der Waals surface area contributed by atoms with E-state index in [4.69, 9.17) is 25.8 Å². The molecule has 2 N–H and O–H groups in total. The first-order valence-corrected chi connectivity index (χ1v) is 12.7. The van der Waals surface area contributed by atoms with Crippen molar-refractivity contribution in [1.29, 1.82) is 0 Å². The number of H-pyrrole nitrogens is 1. The second-order valence-electron chi connectivity index (χ2n) is 9.60. The maximum Gasteiger partial charge on any atom is 0.490 e. The van der Waals surface area contributed by atoms with Gasteiger partial charge in [-0.25, -0.2) is 14.5 Å². The monoisotopic (exact) mass is 576 g/mol. The lowest BCUT2D eigenvalue weighted by atomic mass is 10.1. The van der Waals surface area contributed by atoms with Crippen molar-refractivity contribution in [3.05, 3.63) is 52.8 Å². The van der Waals surface area contributed by atoms with E-state index in [1.54, 1.807) is 6.07 Å². The van der Waals surface area contributed by atoms with E-state index in [1.807, 2.05) is 35.1 Å². The number of hydrogen-bond acceptors (Lipinski definition) is 9. The van der Waals surface area contributed by atoms with Crippen LogP contribution in [0, 0.1) is 0 Å². The fourth-order valence-electron chi connectivity index (χ4n) is 5.18. The zero-order valence-corrected chi connectivity index (χ0v) is 21.2. The van der Waals surface area contributed by atoms with Crippen LogP contribution < -0.4 is 10.1 Å². The van der Waals surface area contributed by atoms with Crippen LogP contribution in [0.5, 0.6) is 6.01 Å². The van der Waals surface area contributed by atoms with E-state index in [2.05, 4.69) is 30.1 Å². The number of nitrogens with zero attached hydrogens (tertiary/aromatic N) is 4. The molecule has 0 saturated carbocycles.